The molecule has 0 aliphatic rings. The zero-order valence-corrected chi connectivity index (χ0v) is 10.7. The molecule has 0 fully saturated rings. The summed E-state index contributed by atoms with van der Waals surface area (Å²) in [6, 6.07) is 0.490. The molecule has 2 heteroatoms. The molecule has 1 N–H and O–H groups in total. The Kier molecular flexibility index (Phi) is 6.38. The monoisotopic (exact) mass is 201 g/mol. The van der Waals surface area contributed by atoms with Gasteiger partial charge in [0.05, 0.1) is 12.2 Å². The van der Waals surface area contributed by atoms with E-state index in [0.29, 0.717) is 6.04 Å². The molecular weight excluding hydrogens is 174 g/mol. The molecule has 0 saturated carbocycles. The van der Waals surface area contributed by atoms with Crippen LogP contribution in [0.25, 0.3) is 0 Å². The van der Waals surface area contributed by atoms with Gasteiger partial charge in [-0.3, -0.25) is 0 Å². The maximum atomic E-state index is 5.77. The predicted molar refractivity (Wildman–Crippen MR) is 62.6 cm³/mol. The quantitative estimate of drug-likeness (QED) is 0.713. The lowest BCUT2D eigenvalue weighted by molar-refractivity contribution is -0.0161. The number of hydrogen-bond acceptors (Lipinski definition) is 2. The van der Waals surface area contributed by atoms with E-state index < -0.39 is 0 Å². The summed E-state index contributed by atoms with van der Waals surface area (Å²) in [4.78, 5) is 0. The zero-order valence-electron chi connectivity index (χ0n) is 10.7. The van der Waals surface area contributed by atoms with Crippen molar-refractivity contribution in [3.63, 3.8) is 0 Å². The molecule has 0 amide bonds. The third kappa shape index (κ3) is 7.34. The first-order valence-electron chi connectivity index (χ1n) is 5.70. The molecule has 86 valence electrons. The van der Waals surface area contributed by atoms with Crippen molar-refractivity contribution in [3.05, 3.63) is 0 Å². The standard InChI is InChI=1S/C12H27NO/c1-7-10(2)8-11(13-6)9-14-12(3,4)5/h10-11,13H,7-9H2,1-6H3. The van der Waals surface area contributed by atoms with Crippen LogP contribution in [0.5, 0.6) is 0 Å². The Hall–Kier alpha value is -0.0800. The van der Waals surface area contributed by atoms with Gasteiger partial charge in [-0.25, -0.2) is 0 Å². The highest BCUT2D eigenvalue weighted by Crippen LogP contribution is 2.13. The normalized spacial score (nSPS) is 16.7. The topological polar surface area (TPSA) is 21.3 Å². The number of nitrogens with one attached hydrogen (secondary N) is 1. The van der Waals surface area contributed by atoms with Crippen molar-refractivity contribution in [1.29, 1.82) is 0 Å². The average Bonchev–Trinajstić information content (AvgIpc) is 2.10. The lowest BCUT2D eigenvalue weighted by Crippen LogP contribution is -2.35. The average molecular weight is 201 g/mol. The van der Waals surface area contributed by atoms with Crippen LogP contribution in [0.1, 0.15) is 47.5 Å². The van der Waals surface area contributed by atoms with Crippen molar-refractivity contribution in [1.82, 2.24) is 5.32 Å². The Morgan fingerprint density at radius 1 is 1.29 bits per heavy atom. The Bertz CT molecular complexity index is 140. The highest BCUT2D eigenvalue weighted by atomic mass is 16.5. The molecule has 0 aromatic carbocycles. The molecule has 0 radical (unpaired) electrons. The minimum absolute atomic E-state index is 0.0233. The fourth-order valence-electron chi connectivity index (χ4n) is 1.27. The minimum atomic E-state index is -0.0233. The summed E-state index contributed by atoms with van der Waals surface area (Å²) >= 11 is 0. The predicted octanol–water partition coefficient (Wildman–Crippen LogP) is 2.83. The molecular formula is C12H27NO. The van der Waals surface area contributed by atoms with Gasteiger partial charge in [-0.1, -0.05) is 20.3 Å². The third-order valence-corrected chi connectivity index (χ3v) is 2.51. The molecule has 0 bridgehead atoms. The molecule has 2 unspecified atom stereocenters. The van der Waals surface area contributed by atoms with E-state index in [1.807, 2.05) is 7.05 Å². The first-order valence-corrected chi connectivity index (χ1v) is 5.70. The van der Waals surface area contributed by atoms with Crippen molar-refractivity contribution in [2.24, 2.45) is 5.92 Å². The molecule has 2 atom stereocenters. The van der Waals surface area contributed by atoms with Crippen LogP contribution in [0, 0.1) is 5.92 Å². The van der Waals surface area contributed by atoms with Crippen molar-refractivity contribution in [2.45, 2.75) is 59.1 Å². The van der Waals surface area contributed by atoms with E-state index in [4.69, 9.17) is 4.74 Å². The summed E-state index contributed by atoms with van der Waals surface area (Å²) in [6.07, 6.45) is 2.44. The fraction of sp³-hybridized carbons (Fsp3) is 1.00. The van der Waals surface area contributed by atoms with Gasteiger partial charge in [0.2, 0.25) is 0 Å². The van der Waals surface area contributed by atoms with Gasteiger partial charge < -0.3 is 10.1 Å². The summed E-state index contributed by atoms with van der Waals surface area (Å²) in [5, 5.41) is 3.31. The van der Waals surface area contributed by atoms with E-state index in [1.54, 1.807) is 0 Å². The van der Waals surface area contributed by atoms with Gasteiger partial charge >= 0.3 is 0 Å². The first kappa shape index (κ1) is 13.9. The molecule has 0 saturated heterocycles. The van der Waals surface area contributed by atoms with Crippen molar-refractivity contribution < 1.29 is 4.74 Å². The SMILES string of the molecule is CCC(C)CC(COC(C)(C)C)NC. The van der Waals surface area contributed by atoms with Gasteiger partial charge in [0, 0.05) is 6.04 Å². The molecule has 0 aliphatic carbocycles. The highest BCUT2D eigenvalue weighted by Gasteiger charge is 2.15. The molecule has 14 heavy (non-hydrogen) atoms. The highest BCUT2D eigenvalue weighted by molar-refractivity contribution is 4.69. The molecule has 0 heterocycles. The van der Waals surface area contributed by atoms with Gasteiger partial charge in [-0.05, 0) is 40.2 Å². The third-order valence-electron chi connectivity index (χ3n) is 2.51. The van der Waals surface area contributed by atoms with Gasteiger partial charge in [-0.2, -0.15) is 0 Å². The number of hydrogen-bond donors (Lipinski definition) is 1. The summed E-state index contributed by atoms with van der Waals surface area (Å²) in [7, 11) is 2.01. The maximum absolute atomic E-state index is 5.77. The largest absolute Gasteiger partial charge is 0.374 e. The lowest BCUT2D eigenvalue weighted by atomic mass is 10.00. The van der Waals surface area contributed by atoms with Crippen LogP contribution >= 0.6 is 0 Å². The number of ether oxygens (including phenoxy) is 1. The minimum Gasteiger partial charge on any atom is -0.374 e. The van der Waals surface area contributed by atoms with Crippen LogP contribution in [-0.2, 0) is 4.74 Å². The lowest BCUT2D eigenvalue weighted by Gasteiger charge is -2.25. The summed E-state index contributed by atoms with van der Waals surface area (Å²) in [5.41, 5.74) is -0.0233. The van der Waals surface area contributed by atoms with Gasteiger partial charge in [0.15, 0.2) is 0 Å². The summed E-state index contributed by atoms with van der Waals surface area (Å²) in [5.74, 6) is 0.774. The molecule has 0 aromatic rings. The van der Waals surface area contributed by atoms with Gasteiger partial charge in [0.25, 0.3) is 0 Å². The van der Waals surface area contributed by atoms with Gasteiger partial charge in [0.1, 0.15) is 0 Å². The maximum Gasteiger partial charge on any atom is 0.0626 e. The Balaban J connectivity index is 3.80. The Morgan fingerprint density at radius 2 is 1.86 bits per heavy atom. The van der Waals surface area contributed by atoms with E-state index in [9.17, 15) is 0 Å². The smallest absolute Gasteiger partial charge is 0.0626 e. The van der Waals surface area contributed by atoms with Gasteiger partial charge in [-0.15, -0.1) is 0 Å². The van der Waals surface area contributed by atoms with Crippen LogP contribution < -0.4 is 5.32 Å². The van der Waals surface area contributed by atoms with E-state index in [-0.39, 0.29) is 5.60 Å². The van der Waals surface area contributed by atoms with Crippen molar-refractivity contribution >= 4 is 0 Å². The van der Waals surface area contributed by atoms with Crippen LogP contribution in [-0.4, -0.2) is 25.3 Å². The zero-order chi connectivity index (χ0) is 11.2. The fourth-order valence-corrected chi connectivity index (χ4v) is 1.27. The Morgan fingerprint density at radius 3 is 2.21 bits per heavy atom. The van der Waals surface area contributed by atoms with Crippen LogP contribution in [0.2, 0.25) is 0 Å². The first-order chi connectivity index (χ1) is 6.39. The second-order valence-corrected chi connectivity index (χ2v) is 5.16. The summed E-state index contributed by atoms with van der Waals surface area (Å²) in [6.45, 7) is 11.6. The van der Waals surface area contributed by atoms with E-state index in [1.165, 1.54) is 12.8 Å². The molecule has 0 aromatic heterocycles. The number of rotatable bonds is 6. The van der Waals surface area contributed by atoms with Crippen LogP contribution in [0.3, 0.4) is 0 Å². The van der Waals surface area contributed by atoms with E-state index in [0.717, 1.165) is 12.5 Å². The second kappa shape index (κ2) is 6.41. The van der Waals surface area contributed by atoms with Crippen LogP contribution in [0.15, 0.2) is 0 Å². The van der Waals surface area contributed by atoms with Crippen LogP contribution in [0.4, 0.5) is 0 Å². The molecule has 0 aliphatic heterocycles. The molecule has 0 rings (SSSR count). The van der Waals surface area contributed by atoms with Crippen molar-refractivity contribution in [3.8, 4) is 0 Å². The van der Waals surface area contributed by atoms with E-state index in [2.05, 4.69) is 39.9 Å². The summed E-state index contributed by atoms with van der Waals surface area (Å²) < 4.78 is 5.77. The Labute approximate surface area is 89.4 Å². The molecule has 2 nitrogen and oxygen atoms in total. The molecule has 0 spiro atoms. The van der Waals surface area contributed by atoms with E-state index >= 15 is 0 Å². The van der Waals surface area contributed by atoms with Crippen molar-refractivity contribution in [2.75, 3.05) is 13.7 Å². The second-order valence-electron chi connectivity index (χ2n) is 5.16. The number of likely N-dealkylation sites (N-methyl/N-ethyl adjacent to an activating group) is 1.